The highest BCUT2D eigenvalue weighted by Gasteiger charge is 2.14. The Kier molecular flexibility index (Phi) is 5.43. The first-order chi connectivity index (χ1) is 11.3. The van der Waals surface area contributed by atoms with Crippen LogP contribution in [0.25, 0.3) is 0 Å². The lowest BCUT2D eigenvalue weighted by Gasteiger charge is -2.16. The molecule has 0 aromatic carbocycles. The third kappa shape index (κ3) is 4.24. The van der Waals surface area contributed by atoms with Gasteiger partial charge in [-0.3, -0.25) is 4.68 Å². The van der Waals surface area contributed by atoms with Crippen molar-refractivity contribution in [2.45, 2.75) is 33.2 Å². The van der Waals surface area contributed by atoms with Gasteiger partial charge in [0.2, 0.25) is 0 Å². The lowest BCUT2D eigenvalue weighted by atomic mass is 10.1. The molecule has 2 aromatic heterocycles. The monoisotopic (exact) mass is 330 g/mol. The number of urea groups is 1. The maximum absolute atomic E-state index is 12.1. The number of anilines is 2. The number of carbonyl (C=O) groups is 1. The molecular weight excluding hydrogens is 304 g/mol. The largest absolute Gasteiger partial charge is 0.363 e. The molecule has 2 heterocycles. The number of amides is 2. The standard InChI is InChI=1S/C17H26N6O/c1-11(9-15-12(2)21-23(6)13(15)3)19-17(24)20-14-7-8-16(18-10-14)22(4)5/h7-8,10-11H,9H2,1-6H3,(H2,19,20,24). The number of rotatable bonds is 5. The fourth-order valence-corrected chi connectivity index (χ4v) is 2.59. The fraction of sp³-hybridized carbons (Fsp3) is 0.471. The Bertz CT molecular complexity index is 705. The number of nitrogens with zero attached hydrogens (tertiary/aromatic N) is 4. The highest BCUT2D eigenvalue weighted by atomic mass is 16.2. The molecule has 0 aliphatic carbocycles. The van der Waals surface area contributed by atoms with E-state index in [1.165, 1.54) is 5.56 Å². The molecule has 0 fully saturated rings. The minimum absolute atomic E-state index is 0.000563. The summed E-state index contributed by atoms with van der Waals surface area (Å²) in [7, 11) is 5.78. The van der Waals surface area contributed by atoms with E-state index in [2.05, 4.69) is 20.7 Å². The molecule has 0 radical (unpaired) electrons. The average molecular weight is 330 g/mol. The van der Waals surface area contributed by atoms with Crippen LogP contribution in [0.4, 0.5) is 16.3 Å². The van der Waals surface area contributed by atoms with Crippen molar-refractivity contribution in [3.8, 4) is 0 Å². The topological polar surface area (TPSA) is 75.1 Å². The summed E-state index contributed by atoms with van der Waals surface area (Å²) in [6, 6.07) is 3.46. The molecule has 2 aromatic rings. The van der Waals surface area contributed by atoms with E-state index in [1.807, 2.05) is 63.6 Å². The van der Waals surface area contributed by atoms with Gasteiger partial charge in [-0.2, -0.15) is 5.10 Å². The molecule has 2 amide bonds. The summed E-state index contributed by atoms with van der Waals surface area (Å²) in [6.07, 6.45) is 2.39. The van der Waals surface area contributed by atoms with Gasteiger partial charge in [-0.15, -0.1) is 0 Å². The van der Waals surface area contributed by atoms with Crippen molar-refractivity contribution in [2.24, 2.45) is 7.05 Å². The van der Waals surface area contributed by atoms with E-state index in [0.717, 1.165) is 23.6 Å². The second kappa shape index (κ2) is 7.33. The molecule has 1 unspecified atom stereocenters. The fourth-order valence-electron chi connectivity index (χ4n) is 2.59. The summed E-state index contributed by atoms with van der Waals surface area (Å²) < 4.78 is 1.87. The molecule has 2 N–H and O–H groups in total. The van der Waals surface area contributed by atoms with Gasteiger partial charge < -0.3 is 15.5 Å². The van der Waals surface area contributed by atoms with Crippen molar-refractivity contribution in [1.29, 1.82) is 0 Å². The second-order valence-corrected chi connectivity index (χ2v) is 6.28. The second-order valence-electron chi connectivity index (χ2n) is 6.28. The highest BCUT2D eigenvalue weighted by molar-refractivity contribution is 5.89. The van der Waals surface area contributed by atoms with Crippen LogP contribution in [0.15, 0.2) is 18.3 Å². The molecule has 0 spiro atoms. The van der Waals surface area contributed by atoms with Crippen LogP contribution in [0, 0.1) is 13.8 Å². The molecule has 0 bridgehead atoms. The van der Waals surface area contributed by atoms with Gasteiger partial charge in [-0.05, 0) is 44.9 Å². The normalized spacial score (nSPS) is 11.9. The molecule has 130 valence electrons. The molecular formula is C17H26N6O. The maximum atomic E-state index is 12.1. The zero-order valence-corrected chi connectivity index (χ0v) is 15.2. The van der Waals surface area contributed by atoms with Crippen molar-refractivity contribution < 1.29 is 4.79 Å². The number of nitrogens with one attached hydrogen (secondary N) is 2. The highest BCUT2D eigenvalue weighted by Crippen LogP contribution is 2.15. The van der Waals surface area contributed by atoms with Gasteiger partial charge in [0.25, 0.3) is 0 Å². The van der Waals surface area contributed by atoms with Crippen molar-refractivity contribution in [2.75, 3.05) is 24.3 Å². The third-order valence-electron chi connectivity index (χ3n) is 4.01. The van der Waals surface area contributed by atoms with Crippen molar-refractivity contribution >= 4 is 17.5 Å². The molecule has 0 aliphatic heterocycles. The van der Waals surface area contributed by atoms with Crippen LogP contribution in [0.1, 0.15) is 23.9 Å². The number of carbonyl (C=O) groups excluding carboxylic acids is 1. The van der Waals surface area contributed by atoms with Crippen LogP contribution < -0.4 is 15.5 Å². The molecule has 24 heavy (non-hydrogen) atoms. The van der Waals surface area contributed by atoms with Crippen LogP contribution in [0.5, 0.6) is 0 Å². The summed E-state index contributed by atoms with van der Waals surface area (Å²) in [5.74, 6) is 0.844. The van der Waals surface area contributed by atoms with E-state index in [0.29, 0.717) is 5.69 Å². The minimum Gasteiger partial charge on any atom is -0.363 e. The van der Waals surface area contributed by atoms with Gasteiger partial charge in [0, 0.05) is 32.9 Å². The van der Waals surface area contributed by atoms with Gasteiger partial charge in [0.05, 0.1) is 17.6 Å². The first-order valence-corrected chi connectivity index (χ1v) is 7.98. The molecule has 2 rings (SSSR count). The smallest absolute Gasteiger partial charge is 0.319 e. The summed E-state index contributed by atoms with van der Waals surface area (Å²) in [5.41, 5.74) is 3.99. The number of aryl methyl sites for hydroxylation is 2. The molecule has 1 atom stereocenters. The van der Waals surface area contributed by atoms with Crippen LogP contribution in [0.3, 0.4) is 0 Å². The van der Waals surface area contributed by atoms with Gasteiger partial charge in [-0.25, -0.2) is 9.78 Å². The first kappa shape index (κ1) is 17.8. The van der Waals surface area contributed by atoms with E-state index in [9.17, 15) is 4.79 Å². The quantitative estimate of drug-likeness (QED) is 0.882. The van der Waals surface area contributed by atoms with E-state index >= 15 is 0 Å². The molecule has 7 heteroatoms. The van der Waals surface area contributed by atoms with Crippen molar-refractivity contribution in [3.63, 3.8) is 0 Å². The predicted octanol–water partition coefficient (Wildman–Crippen LogP) is 2.25. The van der Waals surface area contributed by atoms with Gasteiger partial charge in [-0.1, -0.05) is 0 Å². The van der Waals surface area contributed by atoms with Crippen LogP contribution >= 0.6 is 0 Å². The zero-order valence-electron chi connectivity index (χ0n) is 15.2. The Morgan fingerprint density at radius 1 is 1.33 bits per heavy atom. The van der Waals surface area contributed by atoms with E-state index < -0.39 is 0 Å². The lowest BCUT2D eigenvalue weighted by molar-refractivity contribution is 0.249. The molecule has 0 saturated heterocycles. The zero-order chi connectivity index (χ0) is 17.9. The Labute approximate surface area is 143 Å². The first-order valence-electron chi connectivity index (χ1n) is 7.98. The molecule has 0 aliphatic rings. The summed E-state index contributed by atoms with van der Waals surface area (Å²) in [5, 5.41) is 10.2. The van der Waals surface area contributed by atoms with Crippen LogP contribution in [0.2, 0.25) is 0 Å². The third-order valence-corrected chi connectivity index (χ3v) is 4.01. The number of pyridine rings is 1. The van der Waals surface area contributed by atoms with Crippen LogP contribution in [-0.2, 0) is 13.5 Å². The number of hydrogen-bond acceptors (Lipinski definition) is 4. The predicted molar refractivity (Wildman–Crippen MR) is 96.6 cm³/mol. The minimum atomic E-state index is -0.235. The van der Waals surface area contributed by atoms with E-state index in [1.54, 1.807) is 6.20 Å². The van der Waals surface area contributed by atoms with E-state index in [-0.39, 0.29) is 12.1 Å². The van der Waals surface area contributed by atoms with Gasteiger partial charge in [0.1, 0.15) is 5.82 Å². The average Bonchev–Trinajstić information content (AvgIpc) is 2.74. The Morgan fingerprint density at radius 3 is 2.54 bits per heavy atom. The van der Waals surface area contributed by atoms with Crippen molar-refractivity contribution in [3.05, 3.63) is 35.3 Å². The Hall–Kier alpha value is -2.57. The summed E-state index contributed by atoms with van der Waals surface area (Å²) >= 11 is 0. The Morgan fingerprint density at radius 2 is 2.04 bits per heavy atom. The lowest BCUT2D eigenvalue weighted by Crippen LogP contribution is -2.37. The van der Waals surface area contributed by atoms with E-state index in [4.69, 9.17) is 0 Å². The number of hydrogen-bond donors (Lipinski definition) is 2. The summed E-state index contributed by atoms with van der Waals surface area (Å²) in [4.78, 5) is 18.3. The summed E-state index contributed by atoms with van der Waals surface area (Å²) in [6.45, 7) is 6.02. The van der Waals surface area contributed by atoms with Gasteiger partial charge >= 0.3 is 6.03 Å². The van der Waals surface area contributed by atoms with Crippen LogP contribution in [-0.4, -0.2) is 40.9 Å². The van der Waals surface area contributed by atoms with Crippen molar-refractivity contribution in [1.82, 2.24) is 20.1 Å². The maximum Gasteiger partial charge on any atom is 0.319 e. The number of aromatic nitrogens is 3. The van der Waals surface area contributed by atoms with Gasteiger partial charge in [0.15, 0.2) is 0 Å². The Balaban J connectivity index is 1.91. The SMILES string of the molecule is Cc1nn(C)c(C)c1CC(C)NC(=O)Nc1ccc(N(C)C)nc1. The molecule has 0 saturated carbocycles. The molecule has 7 nitrogen and oxygen atoms in total.